The quantitative estimate of drug-likeness (QED) is 0.370. The number of nitro benzene ring substituents is 1. The SMILES string of the molecule is CN(C(=O)OC(=O)c1ccc([N+](=O)[O-])cc1)C1CCCC1. The fourth-order valence-electron chi connectivity index (χ4n) is 2.37. The van der Waals surface area contributed by atoms with E-state index in [1.807, 2.05) is 0 Å². The predicted octanol–water partition coefficient (Wildman–Crippen LogP) is 2.75. The van der Waals surface area contributed by atoms with Gasteiger partial charge in [-0.2, -0.15) is 0 Å². The molecule has 1 fully saturated rings. The van der Waals surface area contributed by atoms with E-state index >= 15 is 0 Å². The number of hydrogen-bond donors (Lipinski definition) is 0. The van der Waals surface area contributed by atoms with Crippen molar-refractivity contribution in [2.24, 2.45) is 0 Å². The van der Waals surface area contributed by atoms with Crippen LogP contribution in [0.2, 0.25) is 0 Å². The Morgan fingerprint density at radius 1 is 1.24 bits per heavy atom. The van der Waals surface area contributed by atoms with Gasteiger partial charge in [0.25, 0.3) is 5.69 Å². The third-order valence-electron chi connectivity index (χ3n) is 3.65. The molecular formula is C14H16N2O5. The van der Waals surface area contributed by atoms with E-state index in [1.165, 1.54) is 29.2 Å². The second-order valence-electron chi connectivity index (χ2n) is 5.01. The number of rotatable bonds is 3. The minimum atomic E-state index is -0.806. The minimum absolute atomic E-state index is 0.105. The Morgan fingerprint density at radius 3 is 2.33 bits per heavy atom. The fourth-order valence-corrected chi connectivity index (χ4v) is 2.37. The van der Waals surface area contributed by atoms with Crippen molar-refractivity contribution in [3.05, 3.63) is 39.9 Å². The van der Waals surface area contributed by atoms with Crippen molar-refractivity contribution in [1.82, 2.24) is 4.90 Å². The number of carbonyl (C=O) groups is 2. The molecule has 1 aliphatic carbocycles. The van der Waals surface area contributed by atoms with E-state index in [0.717, 1.165) is 25.7 Å². The largest absolute Gasteiger partial charge is 0.417 e. The lowest BCUT2D eigenvalue weighted by molar-refractivity contribution is -0.384. The van der Waals surface area contributed by atoms with E-state index in [-0.39, 0.29) is 17.3 Å². The molecule has 0 saturated heterocycles. The average Bonchev–Trinajstić information content (AvgIpc) is 3.00. The Kier molecular flexibility index (Phi) is 4.52. The standard InChI is InChI=1S/C14H16N2O5/c1-15(11-4-2-3-5-11)14(18)21-13(17)10-6-8-12(9-7-10)16(19)20/h6-9,11H,2-5H2,1H3. The summed E-state index contributed by atoms with van der Waals surface area (Å²) in [4.78, 5) is 35.1. The second kappa shape index (κ2) is 6.34. The lowest BCUT2D eigenvalue weighted by atomic mass is 10.2. The molecule has 0 radical (unpaired) electrons. The Hall–Kier alpha value is -2.44. The molecule has 0 aromatic heterocycles. The monoisotopic (exact) mass is 292 g/mol. The van der Waals surface area contributed by atoms with Crippen LogP contribution in [0.3, 0.4) is 0 Å². The van der Waals surface area contributed by atoms with E-state index in [2.05, 4.69) is 0 Å². The summed E-state index contributed by atoms with van der Waals surface area (Å²) >= 11 is 0. The van der Waals surface area contributed by atoms with Crippen LogP contribution in [-0.4, -0.2) is 35.0 Å². The Morgan fingerprint density at radius 2 is 1.81 bits per heavy atom. The molecule has 0 atom stereocenters. The molecule has 0 N–H and O–H groups in total. The van der Waals surface area contributed by atoms with Gasteiger partial charge in [-0.05, 0) is 25.0 Å². The summed E-state index contributed by atoms with van der Waals surface area (Å²) in [5.41, 5.74) is -0.0188. The number of ether oxygens (including phenoxy) is 1. The van der Waals surface area contributed by atoms with Gasteiger partial charge in [-0.15, -0.1) is 0 Å². The van der Waals surface area contributed by atoms with Crippen LogP contribution >= 0.6 is 0 Å². The van der Waals surface area contributed by atoms with Crippen molar-refractivity contribution in [3.63, 3.8) is 0 Å². The van der Waals surface area contributed by atoms with Gasteiger partial charge in [0.2, 0.25) is 0 Å². The predicted molar refractivity (Wildman–Crippen MR) is 73.9 cm³/mol. The zero-order chi connectivity index (χ0) is 15.4. The summed E-state index contributed by atoms with van der Waals surface area (Å²) in [5.74, 6) is -0.806. The molecule has 2 rings (SSSR count). The highest BCUT2D eigenvalue weighted by atomic mass is 16.6. The maximum atomic E-state index is 11.9. The number of non-ortho nitro benzene ring substituents is 1. The van der Waals surface area contributed by atoms with Crippen LogP contribution in [0.5, 0.6) is 0 Å². The number of nitro groups is 1. The van der Waals surface area contributed by atoms with Crippen molar-refractivity contribution in [1.29, 1.82) is 0 Å². The number of amides is 1. The maximum absolute atomic E-state index is 11.9. The number of benzene rings is 1. The van der Waals surface area contributed by atoms with E-state index in [0.29, 0.717) is 0 Å². The lowest BCUT2D eigenvalue weighted by Crippen LogP contribution is -2.36. The third kappa shape index (κ3) is 3.56. The highest BCUT2D eigenvalue weighted by Crippen LogP contribution is 2.23. The van der Waals surface area contributed by atoms with Crippen molar-refractivity contribution in [2.45, 2.75) is 31.7 Å². The molecule has 0 spiro atoms. The molecule has 0 unspecified atom stereocenters. The van der Waals surface area contributed by atoms with E-state index < -0.39 is 17.0 Å². The van der Waals surface area contributed by atoms with Crippen LogP contribution in [0.1, 0.15) is 36.0 Å². The summed E-state index contributed by atoms with van der Waals surface area (Å²) in [5, 5.41) is 10.5. The van der Waals surface area contributed by atoms with Crippen LogP contribution in [-0.2, 0) is 4.74 Å². The maximum Gasteiger partial charge on any atom is 0.417 e. The Labute approximate surface area is 121 Å². The van der Waals surface area contributed by atoms with Crippen molar-refractivity contribution in [3.8, 4) is 0 Å². The van der Waals surface area contributed by atoms with Gasteiger partial charge in [0.15, 0.2) is 0 Å². The lowest BCUT2D eigenvalue weighted by Gasteiger charge is -2.22. The second-order valence-corrected chi connectivity index (χ2v) is 5.01. The van der Waals surface area contributed by atoms with E-state index in [9.17, 15) is 19.7 Å². The van der Waals surface area contributed by atoms with Crippen LogP contribution < -0.4 is 0 Å². The summed E-state index contributed by atoms with van der Waals surface area (Å²) in [7, 11) is 1.61. The molecule has 1 aromatic rings. The number of nitrogens with zero attached hydrogens (tertiary/aromatic N) is 2. The minimum Gasteiger partial charge on any atom is -0.372 e. The average molecular weight is 292 g/mol. The summed E-state index contributed by atoms with van der Waals surface area (Å²) < 4.78 is 4.79. The molecule has 1 aromatic carbocycles. The van der Waals surface area contributed by atoms with Crippen LogP contribution in [0.4, 0.5) is 10.5 Å². The van der Waals surface area contributed by atoms with Crippen LogP contribution in [0, 0.1) is 10.1 Å². The molecule has 0 aliphatic heterocycles. The number of carbonyl (C=O) groups excluding carboxylic acids is 2. The third-order valence-corrected chi connectivity index (χ3v) is 3.65. The first-order chi connectivity index (χ1) is 9.99. The van der Waals surface area contributed by atoms with Crippen LogP contribution in [0.25, 0.3) is 0 Å². The highest BCUT2D eigenvalue weighted by molar-refractivity contribution is 5.96. The van der Waals surface area contributed by atoms with Gasteiger partial charge < -0.3 is 9.64 Å². The highest BCUT2D eigenvalue weighted by Gasteiger charge is 2.26. The molecule has 112 valence electrons. The first-order valence-electron chi connectivity index (χ1n) is 6.72. The van der Waals surface area contributed by atoms with Crippen LogP contribution in [0.15, 0.2) is 24.3 Å². The van der Waals surface area contributed by atoms with Gasteiger partial charge in [0, 0.05) is 25.2 Å². The molecule has 0 bridgehead atoms. The van der Waals surface area contributed by atoms with Gasteiger partial charge in [-0.1, -0.05) is 12.8 Å². The molecule has 0 heterocycles. The first kappa shape index (κ1) is 15.0. The number of hydrogen-bond acceptors (Lipinski definition) is 5. The molecular weight excluding hydrogens is 276 g/mol. The zero-order valence-electron chi connectivity index (χ0n) is 11.7. The number of esters is 1. The summed E-state index contributed by atoms with van der Waals surface area (Å²) in [6.45, 7) is 0. The first-order valence-corrected chi connectivity index (χ1v) is 6.72. The normalized spacial score (nSPS) is 14.7. The Balaban J connectivity index is 1.96. The zero-order valence-corrected chi connectivity index (χ0v) is 11.7. The molecule has 1 aliphatic rings. The van der Waals surface area contributed by atoms with E-state index in [1.54, 1.807) is 7.05 Å². The topological polar surface area (TPSA) is 89.8 Å². The van der Waals surface area contributed by atoms with Gasteiger partial charge >= 0.3 is 12.1 Å². The molecule has 1 amide bonds. The molecule has 7 heteroatoms. The van der Waals surface area contributed by atoms with E-state index in [4.69, 9.17) is 4.74 Å². The fraction of sp³-hybridized carbons (Fsp3) is 0.429. The van der Waals surface area contributed by atoms with Crippen molar-refractivity contribution in [2.75, 3.05) is 7.05 Å². The summed E-state index contributed by atoms with van der Waals surface area (Å²) in [6.07, 6.45) is 3.27. The summed E-state index contributed by atoms with van der Waals surface area (Å²) in [6, 6.07) is 5.04. The van der Waals surface area contributed by atoms with Crippen molar-refractivity contribution >= 4 is 17.7 Å². The Bertz CT molecular complexity index is 549. The molecule has 1 saturated carbocycles. The molecule has 7 nitrogen and oxygen atoms in total. The van der Waals surface area contributed by atoms with Gasteiger partial charge in [-0.3, -0.25) is 10.1 Å². The van der Waals surface area contributed by atoms with Gasteiger partial charge in [0.1, 0.15) is 0 Å². The smallest absolute Gasteiger partial charge is 0.372 e. The van der Waals surface area contributed by atoms with Gasteiger partial charge in [0.05, 0.1) is 10.5 Å². The molecule has 21 heavy (non-hydrogen) atoms. The van der Waals surface area contributed by atoms with Gasteiger partial charge in [-0.25, -0.2) is 9.59 Å². The van der Waals surface area contributed by atoms with Crippen molar-refractivity contribution < 1.29 is 19.2 Å².